The number of aliphatic carboxylic acids is 1. The first-order chi connectivity index (χ1) is 12.4. The predicted molar refractivity (Wildman–Crippen MR) is 94.2 cm³/mol. The molecule has 0 saturated carbocycles. The van der Waals surface area contributed by atoms with Crippen LogP contribution in [-0.2, 0) is 16.0 Å². The van der Waals surface area contributed by atoms with Gasteiger partial charge in [-0.15, -0.1) is 0 Å². The number of hydrogen-bond acceptors (Lipinski definition) is 3. The van der Waals surface area contributed by atoms with Crippen LogP contribution < -0.4 is 5.32 Å². The van der Waals surface area contributed by atoms with Crippen LogP contribution in [0.5, 0.6) is 0 Å². The van der Waals surface area contributed by atoms with Gasteiger partial charge in [0.2, 0.25) is 5.91 Å². The van der Waals surface area contributed by atoms with Crippen LogP contribution >= 0.6 is 0 Å². The number of carboxylic acids is 1. The van der Waals surface area contributed by atoms with Crippen molar-refractivity contribution >= 4 is 17.7 Å². The van der Waals surface area contributed by atoms with E-state index < -0.39 is 29.7 Å². The fourth-order valence-electron chi connectivity index (χ4n) is 2.60. The molecular formula is C20H20FNO4. The topological polar surface area (TPSA) is 83.5 Å². The summed E-state index contributed by atoms with van der Waals surface area (Å²) in [6, 6.07) is 13.1. The first kappa shape index (κ1) is 19.3. The Kier molecular flexibility index (Phi) is 6.60. The summed E-state index contributed by atoms with van der Waals surface area (Å²) in [4.78, 5) is 35.8. The molecule has 5 nitrogen and oxygen atoms in total. The smallest absolute Gasteiger partial charge is 0.326 e. The van der Waals surface area contributed by atoms with Crippen molar-refractivity contribution in [3.8, 4) is 0 Å². The second-order valence-electron chi connectivity index (χ2n) is 6.13. The first-order valence-electron chi connectivity index (χ1n) is 8.22. The third kappa shape index (κ3) is 5.51. The van der Waals surface area contributed by atoms with Crippen molar-refractivity contribution < 1.29 is 23.9 Å². The zero-order chi connectivity index (χ0) is 19.1. The van der Waals surface area contributed by atoms with Crippen LogP contribution in [-0.4, -0.2) is 28.8 Å². The molecule has 0 heterocycles. The molecule has 0 aliphatic rings. The van der Waals surface area contributed by atoms with Crippen LogP contribution in [0.3, 0.4) is 0 Å². The third-order valence-electron chi connectivity index (χ3n) is 3.96. The maximum absolute atomic E-state index is 13.2. The van der Waals surface area contributed by atoms with Gasteiger partial charge >= 0.3 is 5.97 Å². The summed E-state index contributed by atoms with van der Waals surface area (Å²) in [5.74, 6) is -3.27. The molecule has 136 valence electrons. The van der Waals surface area contributed by atoms with Gasteiger partial charge < -0.3 is 10.4 Å². The highest BCUT2D eigenvalue weighted by Gasteiger charge is 2.24. The molecule has 0 bridgehead atoms. The van der Waals surface area contributed by atoms with Crippen LogP contribution in [0.2, 0.25) is 0 Å². The van der Waals surface area contributed by atoms with Gasteiger partial charge in [-0.1, -0.05) is 49.4 Å². The average Bonchev–Trinajstić information content (AvgIpc) is 2.61. The molecule has 1 unspecified atom stereocenters. The van der Waals surface area contributed by atoms with Gasteiger partial charge in [0.1, 0.15) is 11.9 Å². The Labute approximate surface area is 150 Å². The average molecular weight is 357 g/mol. The standard InChI is InChI=1S/C20H20FNO4/c1-13(19(24)15-8-5-9-16(21)12-15)10-18(23)22-17(20(25)26)11-14-6-3-2-4-7-14/h2-9,12-13,17H,10-11H2,1H3,(H,22,23)(H,25,26)/t13?,17-/m0/s1. The van der Waals surface area contributed by atoms with Crippen molar-refractivity contribution in [2.24, 2.45) is 5.92 Å². The Morgan fingerprint density at radius 1 is 1.08 bits per heavy atom. The Balaban J connectivity index is 1.96. The van der Waals surface area contributed by atoms with E-state index in [0.717, 1.165) is 11.6 Å². The van der Waals surface area contributed by atoms with Gasteiger partial charge in [-0.2, -0.15) is 0 Å². The van der Waals surface area contributed by atoms with Gasteiger partial charge in [0.25, 0.3) is 0 Å². The Morgan fingerprint density at radius 2 is 1.77 bits per heavy atom. The predicted octanol–water partition coefficient (Wildman–Crippen LogP) is 2.85. The molecule has 0 fully saturated rings. The number of nitrogens with one attached hydrogen (secondary N) is 1. The number of carbonyl (C=O) groups is 3. The maximum atomic E-state index is 13.2. The fraction of sp³-hybridized carbons (Fsp3) is 0.250. The summed E-state index contributed by atoms with van der Waals surface area (Å²) in [6.45, 7) is 1.56. The van der Waals surface area contributed by atoms with Crippen LogP contribution in [0.4, 0.5) is 4.39 Å². The van der Waals surface area contributed by atoms with Gasteiger partial charge in [0.15, 0.2) is 5.78 Å². The van der Waals surface area contributed by atoms with Crippen molar-refractivity contribution in [3.05, 3.63) is 71.5 Å². The minimum absolute atomic E-state index is 0.147. The molecule has 0 spiro atoms. The van der Waals surface area contributed by atoms with E-state index in [1.807, 2.05) is 6.07 Å². The summed E-state index contributed by atoms with van der Waals surface area (Å²) in [6.07, 6.45) is -0.0257. The molecular weight excluding hydrogens is 337 g/mol. The number of rotatable bonds is 8. The Hall–Kier alpha value is -3.02. The minimum Gasteiger partial charge on any atom is -0.480 e. The molecule has 6 heteroatoms. The molecule has 0 saturated heterocycles. The zero-order valence-corrected chi connectivity index (χ0v) is 14.3. The summed E-state index contributed by atoms with van der Waals surface area (Å²) < 4.78 is 13.2. The maximum Gasteiger partial charge on any atom is 0.326 e. The number of ketones is 1. The zero-order valence-electron chi connectivity index (χ0n) is 14.3. The lowest BCUT2D eigenvalue weighted by molar-refractivity contribution is -0.141. The summed E-state index contributed by atoms with van der Waals surface area (Å²) in [5, 5.41) is 11.8. The third-order valence-corrected chi connectivity index (χ3v) is 3.96. The fourth-order valence-corrected chi connectivity index (χ4v) is 2.60. The highest BCUT2D eigenvalue weighted by Crippen LogP contribution is 2.14. The molecule has 2 atom stereocenters. The van der Waals surface area contributed by atoms with Crippen molar-refractivity contribution in [1.82, 2.24) is 5.32 Å². The van der Waals surface area contributed by atoms with Crippen LogP contribution in [0, 0.1) is 11.7 Å². The lowest BCUT2D eigenvalue weighted by atomic mass is 9.95. The Bertz CT molecular complexity index is 791. The van der Waals surface area contributed by atoms with Crippen LogP contribution in [0.1, 0.15) is 29.3 Å². The molecule has 2 aromatic carbocycles. The molecule has 26 heavy (non-hydrogen) atoms. The summed E-state index contributed by atoms with van der Waals surface area (Å²) in [7, 11) is 0. The van der Waals surface area contributed by atoms with Crippen LogP contribution in [0.25, 0.3) is 0 Å². The molecule has 2 N–H and O–H groups in total. The van der Waals surface area contributed by atoms with Gasteiger partial charge in [-0.05, 0) is 17.7 Å². The molecule has 2 rings (SSSR count). The van der Waals surface area contributed by atoms with Crippen LogP contribution in [0.15, 0.2) is 54.6 Å². The van der Waals surface area contributed by atoms with Gasteiger partial charge in [-0.3, -0.25) is 9.59 Å². The van der Waals surface area contributed by atoms with E-state index in [1.54, 1.807) is 31.2 Å². The molecule has 0 aromatic heterocycles. The van der Waals surface area contributed by atoms with Gasteiger partial charge in [-0.25, -0.2) is 9.18 Å². The van der Waals surface area contributed by atoms with E-state index in [-0.39, 0.29) is 24.2 Å². The van der Waals surface area contributed by atoms with E-state index in [1.165, 1.54) is 18.2 Å². The number of hydrogen-bond donors (Lipinski definition) is 2. The van der Waals surface area contributed by atoms with E-state index in [2.05, 4.69) is 5.32 Å². The minimum atomic E-state index is -1.15. The summed E-state index contributed by atoms with van der Waals surface area (Å²) >= 11 is 0. The SMILES string of the molecule is CC(CC(=O)N[C@@H](Cc1ccccc1)C(=O)O)C(=O)c1cccc(F)c1. The number of carbonyl (C=O) groups excluding carboxylic acids is 2. The van der Waals surface area contributed by atoms with Crippen molar-refractivity contribution in [1.29, 1.82) is 0 Å². The van der Waals surface area contributed by atoms with E-state index in [4.69, 9.17) is 0 Å². The number of halogens is 1. The monoisotopic (exact) mass is 357 g/mol. The van der Waals surface area contributed by atoms with Crippen molar-refractivity contribution in [2.75, 3.05) is 0 Å². The largest absolute Gasteiger partial charge is 0.480 e. The Morgan fingerprint density at radius 3 is 2.38 bits per heavy atom. The second-order valence-corrected chi connectivity index (χ2v) is 6.13. The van der Waals surface area contributed by atoms with Crippen molar-refractivity contribution in [2.45, 2.75) is 25.8 Å². The number of benzene rings is 2. The quantitative estimate of drug-likeness (QED) is 0.712. The lowest BCUT2D eigenvalue weighted by Gasteiger charge is -2.16. The lowest BCUT2D eigenvalue weighted by Crippen LogP contribution is -2.43. The highest BCUT2D eigenvalue weighted by molar-refractivity contribution is 5.99. The molecule has 1 amide bonds. The number of carboxylic acid groups (broad SMARTS) is 1. The first-order valence-corrected chi connectivity index (χ1v) is 8.22. The molecule has 2 aromatic rings. The second kappa shape index (κ2) is 8.89. The van der Waals surface area contributed by atoms with Gasteiger partial charge in [0.05, 0.1) is 0 Å². The normalized spacial score (nSPS) is 12.8. The number of Topliss-reactive ketones (excluding diaryl/α,β-unsaturated/α-hetero) is 1. The molecule has 0 radical (unpaired) electrons. The summed E-state index contributed by atoms with van der Waals surface area (Å²) in [5.41, 5.74) is 0.966. The molecule has 0 aliphatic carbocycles. The van der Waals surface area contributed by atoms with Crippen molar-refractivity contribution in [3.63, 3.8) is 0 Å². The highest BCUT2D eigenvalue weighted by atomic mass is 19.1. The van der Waals surface area contributed by atoms with Gasteiger partial charge in [0, 0.05) is 24.3 Å². The molecule has 0 aliphatic heterocycles. The number of amides is 1. The van der Waals surface area contributed by atoms with E-state index in [0.29, 0.717) is 0 Å². The van der Waals surface area contributed by atoms with E-state index in [9.17, 15) is 23.9 Å². The van der Waals surface area contributed by atoms with E-state index >= 15 is 0 Å².